The number of aryl methyl sites for hydroxylation is 1. The second-order valence-corrected chi connectivity index (χ2v) is 6.71. The maximum absolute atomic E-state index is 11.9. The first-order valence-corrected chi connectivity index (χ1v) is 8.33. The number of fused-ring (bicyclic) bond motifs is 1. The lowest BCUT2D eigenvalue weighted by Crippen LogP contribution is -2.26. The van der Waals surface area contributed by atoms with Crippen molar-refractivity contribution >= 4 is 29.0 Å². The van der Waals surface area contributed by atoms with Gasteiger partial charge in [0.05, 0.1) is 11.0 Å². The van der Waals surface area contributed by atoms with E-state index in [1.165, 1.54) is 10.4 Å². The van der Waals surface area contributed by atoms with E-state index >= 15 is 0 Å². The van der Waals surface area contributed by atoms with Crippen LogP contribution in [0.2, 0.25) is 0 Å². The fraction of sp³-hybridized carbons (Fsp3) is 0.615. The molecule has 0 saturated heterocycles. The first kappa shape index (κ1) is 13.9. The summed E-state index contributed by atoms with van der Waals surface area (Å²) in [6.45, 7) is 2.49. The fourth-order valence-corrected chi connectivity index (χ4v) is 4.19. The normalized spacial score (nSPS) is 16.1. The van der Waals surface area contributed by atoms with Gasteiger partial charge in [0, 0.05) is 17.2 Å². The van der Waals surface area contributed by atoms with Crippen molar-refractivity contribution < 1.29 is 9.90 Å². The van der Waals surface area contributed by atoms with Crippen molar-refractivity contribution in [3.8, 4) is 0 Å². The van der Waals surface area contributed by atoms with Crippen LogP contribution in [0.5, 0.6) is 0 Å². The lowest BCUT2D eigenvalue weighted by atomic mass is 10.2. The third-order valence-corrected chi connectivity index (χ3v) is 5.33. The summed E-state index contributed by atoms with van der Waals surface area (Å²) in [5.41, 5.74) is 1.33. The highest BCUT2D eigenvalue weighted by molar-refractivity contribution is 7.98. The zero-order valence-electron chi connectivity index (χ0n) is 10.6. The van der Waals surface area contributed by atoms with Gasteiger partial charge >= 0.3 is 0 Å². The van der Waals surface area contributed by atoms with E-state index in [9.17, 15) is 9.90 Å². The van der Waals surface area contributed by atoms with Gasteiger partial charge in [-0.2, -0.15) is 11.8 Å². The molecule has 0 aromatic carbocycles. The van der Waals surface area contributed by atoms with E-state index in [-0.39, 0.29) is 12.0 Å². The molecule has 0 spiro atoms. The van der Waals surface area contributed by atoms with Gasteiger partial charge < -0.3 is 10.4 Å². The summed E-state index contributed by atoms with van der Waals surface area (Å²) in [6.07, 6.45) is 2.15. The number of carbonyl (C=O) groups excluding carboxylic acids is 1. The van der Waals surface area contributed by atoms with Gasteiger partial charge in [0.2, 0.25) is 0 Å². The molecule has 1 aromatic heterocycles. The average Bonchev–Trinajstić information content (AvgIpc) is 2.82. The molecule has 2 N–H and O–H groups in total. The topological polar surface area (TPSA) is 49.3 Å². The summed E-state index contributed by atoms with van der Waals surface area (Å²) in [4.78, 5) is 14.1. The Bertz CT molecular complexity index is 394. The Morgan fingerprint density at radius 2 is 2.44 bits per heavy atom. The number of carbonyl (C=O) groups is 1. The highest BCUT2D eigenvalue weighted by Gasteiger charge is 2.17. The van der Waals surface area contributed by atoms with Crippen molar-refractivity contribution in [3.63, 3.8) is 0 Å². The number of hydrogen-bond donors (Lipinski definition) is 2. The van der Waals surface area contributed by atoms with E-state index in [0.29, 0.717) is 13.0 Å². The number of aliphatic hydroxyl groups excluding tert-OH is 1. The number of nitrogens with one attached hydrogen (secondary N) is 1. The summed E-state index contributed by atoms with van der Waals surface area (Å²) in [7, 11) is 0. The van der Waals surface area contributed by atoms with E-state index in [2.05, 4.69) is 5.32 Å². The highest BCUT2D eigenvalue weighted by atomic mass is 32.2. The highest BCUT2D eigenvalue weighted by Crippen LogP contribution is 2.31. The molecule has 1 atom stereocenters. The average molecular weight is 285 g/mol. The maximum atomic E-state index is 11.9. The zero-order chi connectivity index (χ0) is 13.0. The van der Waals surface area contributed by atoms with E-state index < -0.39 is 0 Å². The zero-order valence-corrected chi connectivity index (χ0v) is 12.2. The van der Waals surface area contributed by atoms with Crippen molar-refractivity contribution in [2.45, 2.75) is 38.0 Å². The van der Waals surface area contributed by atoms with Crippen LogP contribution in [0.25, 0.3) is 0 Å². The molecule has 0 fully saturated rings. The standard InChI is InChI=1S/C13H19NO2S2/c1-2-10(15)3-5-14-13(16)12-7-9-8-17-6-4-11(9)18-12/h7,10,15H,2-6,8H2,1H3,(H,14,16). The molecule has 0 bridgehead atoms. The molecular weight excluding hydrogens is 266 g/mol. The summed E-state index contributed by atoms with van der Waals surface area (Å²) >= 11 is 3.55. The largest absolute Gasteiger partial charge is 0.393 e. The summed E-state index contributed by atoms with van der Waals surface area (Å²) in [5, 5.41) is 12.3. The van der Waals surface area contributed by atoms with Crippen LogP contribution < -0.4 is 5.32 Å². The molecule has 1 aromatic rings. The smallest absolute Gasteiger partial charge is 0.261 e. The number of thioether (sulfide) groups is 1. The monoisotopic (exact) mass is 285 g/mol. The molecule has 1 aliphatic rings. The minimum Gasteiger partial charge on any atom is -0.393 e. The van der Waals surface area contributed by atoms with Crippen molar-refractivity contribution in [3.05, 3.63) is 21.4 Å². The molecule has 0 radical (unpaired) electrons. The molecule has 3 nitrogen and oxygen atoms in total. The molecule has 2 rings (SSSR count). The Kier molecular flexibility index (Phi) is 5.09. The van der Waals surface area contributed by atoms with E-state index in [1.54, 1.807) is 11.3 Å². The van der Waals surface area contributed by atoms with Crippen LogP contribution in [0.1, 0.15) is 39.9 Å². The second kappa shape index (κ2) is 6.59. The predicted molar refractivity (Wildman–Crippen MR) is 77.4 cm³/mol. The Morgan fingerprint density at radius 1 is 1.61 bits per heavy atom. The summed E-state index contributed by atoms with van der Waals surface area (Å²) in [6, 6.07) is 2.03. The van der Waals surface area contributed by atoms with Crippen molar-refractivity contribution in [2.24, 2.45) is 0 Å². The van der Waals surface area contributed by atoms with E-state index in [0.717, 1.165) is 29.2 Å². The third-order valence-electron chi connectivity index (χ3n) is 3.09. The quantitative estimate of drug-likeness (QED) is 0.873. The van der Waals surface area contributed by atoms with Gasteiger partial charge in [-0.25, -0.2) is 0 Å². The molecule has 5 heteroatoms. The minimum atomic E-state index is -0.307. The van der Waals surface area contributed by atoms with Crippen LogP contribution in [-0.4, -0.2) is 29.4 Å². The van der Waals surface area contributed by atoms with Gasteiger partial charge in [-0.15, -0.1) is 11.3 Å². The van der Waals surface area contributed by atoms with E-state index in [4.69, 9.17) is 0 Å². The summed E-state index contributed by atoms with van der Waals surface area (Å²) in [5.74, 6) is 2.20. The first-order chi connectivity index (χ1) is 8.70. The molecular formula is C13H19NO2S2. The maximum Gasteiger partial charge on any atom is 0.261 e. The second-order valence-electron chi connectivity index (χ2n) is 4.47. The molecule has 1 aliphatic heterocycles. The number of thiophene rings is 1. The molecule has 2 heterocycles. The Morgan fingerprint density at radius 3 is 3.17 bits per heavy atom. The van der Waals surface area contributed by atoms with Gasteiger partial charge in [0.15, 0.2) is 0 Å². The number of amides is 1. The molecule has 1 amide bonds. The van der Waals surface area contributed by atoms with Crippen molar-refractivity contribution in [1.29, 1.82) is 0 Å². The van der Waals surface area contributed by atoms with Gasteiger partial charge in [0.1, 0.15) is 0 Å². The van der Waals surface area contributed by atoms with Gasteiger partial charge in [-0.05, 0) is 36.6 Å². The van der Waals surface area contributed by atoms with Crippen LogP contribution in [0.4, 0.5) is 0 Å². The van der Waals surface area contributed by atoms with E-state index in [1.807, 2.05) is 24.8 Å². The van der Waals surface area contributed by atoms with Crippen LogP contribution in [0, 0.1) is 0 Å². The van der Waals surface area contributed by atoms with Crippen LogP contribution in [0.3, 0.4) is 0 Å². The van der Waals surface area contributed by atoms with Crippen molar-refractivity contribution in [2.75, 3.05) is 12.3 Å². The van der Waals surface area contributed by atoms with Crippen LogP contribution in [-0.2, 0) is 12.2 Å². The van der Waals surface area contributed by atoms with Crippen LogP contribution >= 0.6 is 23.1 Å². The SMILES string of the molecule is CCC(O)CCNC(=O)c1cc2c(s1)CCSC2. The molecule has 1 unspecified atom stereocenters. The lowest BCUT2D eigenvalue weighted by molar-refractivity contribution is 0.0946. The first-order valence-electron chi connectivity index (χ1n) is 6.36. The predicted octanol–water partition coefficient (Wildman–Crippen LogP) is 2.43. The number of hydrogen-bond acceptors (Lipinski definition) is 4. The number of rotatable bonds is 5. The summed E-state index contributed by atoms with van der Waals surface area (Å²) < 4.78 is 0. The third kappa shape index (κ3) is 3.49. The minimum absolute atomic E-state index is 0.00250. The molecule has 100 valence electrons. The fourth-order valence-electron chi connectivity index (χ4n) is 1.90. The van der Waals surface area contributed by atoms with Crippen molar-refractivity contribution in [1.82, 2.24) is 5.32 Å². The Labute approximate surface area is 116 Å². The Hall–Kier alpha value is -0.520. The molecule has 18 heavy (non-hydrogen) atoms. The lowest BCUT2D eigenvalue weighted by Gasteiger charge is -2.08. The van der Waals surface area contributed by atoms with Gasteiger partial charge in [-0.1, -0.05) is 6.92 Å². The Balaban J connectivity index is 1.87. The van der Waals surface area contributed by atoms with Gasteiger partial charge in [0.25, 0.3) is 5.91 Å². The number of aliphatic hydroxyl groups is 1. The molecule has 0 aliphatic carbocycles. The van der Waals surface area contributed by atoms with Gasteiger partial charge in [-0.3, -0.25) is 4.79 Å². The molecule has 0 saturated carbocycles. The van der Waals surface area contributed by atoms with Crippen LogP contribution in [0.15, 0.2) is 6.07 Å².